The third-order valence-corrected chi connectivity index (χ3v) is 1.11. The minimum atomic E-state index is -0.326. The van der Waals surface area contributed by atoms with Crippen LogP contribution in [0.2, 0.25) is 0 Å². The van der Waals surface area contributed by atoms with Crippen LogP contribution >= 0.6 is 12.6 Å². The van der Waals surface area contributed by atoms with E-state index in [1.807, 2.05) is 0 Å². The van der Waals surface area contributed by atoms with Crippen LogP contribution in [0, 0.1) is 0 Å². The number of carbonyl (C=O) groups excluding carboxylic acids is 1. The highest BCUT2D eigenvalue weighted by Crippen LogP contribution is 1.91. The number of Topliss-reactive ketones (excluding diaryl/α,β-unsaturated/α-hetero) is 1. The van der Waals surface area contributed by atoms with Crippen molar-refractivity contribution in [2.24, 2.45) is 0 Å². The molecular formula is C5H10O2S. The Balaban J connectivity index is 2.99. The fourth-order valence-corrected chi connectivity index (χ4v) is 0.513. The molecule has 0 saturated heterocycles. The maximum atomic E-state index is 10.3. The zero-order chi connectivity index (χ0) is 6.41. The minimum Gasteiger partial charge on any atom is -0.389 e. The van der Waals surface area contributed by atoms with Crippen molar-refractivity contribution >= 4 is 18.4 Å². The summed E-state index contributed by atoms with van der Waals surface area (Å²) >= 11 is 3.90. The first kappa shape index (κ1) is 7.98. The van der Waals surface area contributed by atoms with Gasteiger partial charge in [-0.05, 0) is 12.2 Å². The molecular weight excluding hydrogens is 124 g/mol. The van der Waals surface area contributed by atoms with Gasteiger partial charge < -0.3 is 5.11 Å². The number of hydrogen-bond acceptors (Lipinski definition) is 3. The number of ketones is 1. The summed E-state index contributed by atoms with van der Waals surface area (Å²) in [6.45, 7) is -0.326. The summed E-state index contributed by atoms with van der Waals surface area (Å²) in [6, 6.07) is 0. The molecule has 48 valence electrons. The van der Waals surface area contributed by atoms with Gasteiger partial charge in [0.1, 0.15) is 6.61 Å². The van der Waals surface area contributed by atoms with E-state index in [2.05, 4.69) is 12.6 Å². The molecule has 0 heterocycles. The highest BCUT2D eigenvalue weighted by molar-refractivity contribution is 7.80. The van der Waals surface area contributed by atoms with Crippen molar-refractivity contribution in [3.05, 3.63) is 0 Å². The number of hydrogen-bond donors (Lipinski definition) is 2. The second kappa shape index (κ2) is 5.12. The summed E-state index contributed by atoms with van der Waals surface area (Å²) < 4.78 is 0. The van der Waals surface area contributed by atoms with Crippen LogP contribution in [0.25, 0.3) is 0 Å². The van der Waals surface area contributed by atoms with Crippen molar-refractivity contribution in [3.63, 3.8) is 0 Å². The standard InChI is InChI=1S/C5H10O2S/c6-4-5(7)2-1-3-8/h6,8H,1-4H2. The summed E-state index contributed by atoms with van der Waals surface area (Å²) in [4.78, 5) is 10.3. The van der Waals surface area contributed by atoms with E-state index in [0.717, 1.165) is 6.42 Å². The predicted molar refractivity (Wildman–Crippen MR) is 35.2 cm³/mol. The molecule has 0 aromatic heterocycles. The van der Waals surface area contributed by atoms with E-state index in [1.165, 1.54) is 0 Å². The first-order valence-electron chi connectivity index (χ1n) is 2.54. The summed E-state index contributed by atoms with van der Waals surface area (Å²) in [5.74, 6) is 0.616. The third kappa shape index (κ3) is 4.15. The SMILES string of the molecule is O=C(CO)CCCS. The van der Waals surface area contributed by atoms with Crippen LogP contribution in [0.4, 0.5) is 0 Å². The van der Waals surface area contributed by atoms with Crippen LogP contribution in [0.1, 0.15) is 12.8 Å². The van der Waals surface area contributed by atoms with Crippen molar-refractivity contribution in [1.29, 1.82) is 0 Å². The fraction of sp³-hybridized carbons (Fsp3) is 0.800. The summed E-state index contributed by atoms with van der Waals surface area (Å²) in [5, 5.41) is 8.19. The molecule has 0 aliphatic heterocycles. The van der Waals surface area contributed by atoms with E-state index in [0.29, 0.717) is 12.2 Å². The van der Waals surface area contributed by atoms with E-state index in [9.17, 15) is 4.79 Å². The molecule has 3 heteroatoms. The Morgan fingerprint density at radius 3 is 2.62 bits per heavy atom. The Morgan fingerprint density at radius 1 is 1.62 bits per heavy atom. The number of aliphatic hydroxyl groups excluding tert-OH is 1. The van der Waals surface area contributed by atoms with Crippen molar-refractivity contribution in [3.8, 4) is 0 Å². The van der Waals surface area contributed by atoms with Gasteiger partial charge in [-0.25, -0.2) is 0 Å². The lowest BCUT2D eigenvalue weighted by atomic mass is 10.2. The lowest BCUT2D eigenvalue weighted by molar-refractivity contribution is -0.121. The molecule has 0 aliphatic carbocycles. The van der Waals surface area contributed by atoms with Gasteiger partial charge in [0.15, 0.2) is 5.78 Å². The molecule has 0 aliphatic rings. The van der Waals surface area contributed by atoms with E-state index in [4.69, 9.17) is 5.11 Å². The molecule has 0 radical (unpaired) electrons. The molecule has 8 heavy (non-hydrogen) atoms. The lowest BCUT2D eigenvalue weighted by Crippen LogP contribution is -2.02. The zero-order valence-electron chi connectivity index (χ0n) is 4.63. The van der Waals surface area contributed by atoms with Crippen LogP contribution in [-0.4, -0.2) is 23.2 Å². The highest BCUT2D eigenvalue weighted by Gasteiger charge is 1.95. The highest BCUT2D eigenvalue weighted by atomic mass is 32.1. The molecule has 0 bridgehead atoms. The normalized spacial score (nSPS) is 9.25. The van der Waals surface area contributed by atoms with Gasteiger partial charge in [-0.1, -0.05) is 0 Å². The van der Waals surface area contributed by atoms with E-state index in [1.54, 1.807) is 0 Å². The average molecular weight is 134 g/mol. The zero-order valence-corrected chi connectivity index (χ0v) is 5.53. The quantitative estimate of drug-likeness (QED) is 0.541. The molecule has 0 aromatic carbocycles. The van der Waals surface area contributed by atoms with Gasteiger partial charge in [0, 0.05) is 6.42 Å². The van der Waals surface area contributed by atoms with Crippen LogP contribution in [-0.2, 0) is 4.79 Å². The average Bonchev–Trinajstić information content (AvgIpc) is 1.83. The summed E-state index contributed by atoms with van der Waals surface area (Å²) in [5.41, 5.74) is 0. The summed E-state index contributed by atoms with van der Waals surface area (Å²) in [6.07, 6.45) is 1.22. The van der Waals surface area contributed by atoms with Gasteiger partial charge in [0.25, 0.3) is 0 Å². The molecule has 0 fully saturated rings. The van der Waals surface area contributed by atoms with Crippen LogP contribution < -0.4 is 0 Å². The molecule has 2 nitrogen and oxygen atoms in total. The Morgan fingerprint density at radius 2 is 2.25 bits per heavy atom. The monoisotopic (exact) mass is 134 g/mol. The second-order valence-electron chi connectivity index (χ2n) is 1.52. The van der Waals surface area contributed by atoms with Gasteiger partial charge in [-0.3, -0.25) is 4.79 Å². The maximum absolute atomic E-state index is 10.3. The molecule has 0 rings (SSSR count). The molecule has 0 unspecified atom stereocenters. The van der Waals surface area contributed by atoms with Gasteiger partial charge in [-0.2, -0.15) is 12.6 Å². The maximum Gasteiger partial charge on any atom is 0.158 e. The number of carbonyl (C=O) groups is 1. The van der Waals surface area contributed by atoms with E-state index >= 15 is 0 Å². The Hall–Kier alpha value is -0.0200. The molecule has 1 N–H and O–H groups in total. The molecule has 0 amide bonds. The first-order valence-corrected chi connectivity index (χ1v) is 3.18. The molecule has 0 saturated carbocycles. The molecule has 0 spiro atoms. The van der Waals surface area contributed by atoms with Crippen molar-refractivity contribution < 1.29 is 9.90 Å². The van der Waals surface area contributed by atoms with Crippen molar-refractivity contribution in [2.75, 3.05) is 12.4 Å². The summed E-state index contributed by atoms with van der Waals surface area (Å²) in [7, 11) is 0. The minimum absolute atomic E-state index is 0.0981. The molecule has 0 aromatic rings. The van der Waals surface area contributed by atoms with Crippen molar-refractivity contribution in [2.45, 2.75) is 12.8 Å². The van der Waals surface area contributed by atoms with Gasteiger partial charge in [-0.15, -0.1) is 0 Å². The Labute approximate surface area is 54.3 Å². The largest absolute Gasteiger partial charge is 0.389 e. The predicted octanol–water partition coefficient (Wildman–Crippen LogP) is 0.258. The third-order valence-electron chi connectivity index (χ3n) is 0.790. The van der Waals surface area contributed by atoms with Crippen LogP contribution in [0.3, 0.4) is 0 Å². The van der Waals surface area contributed by atoms with Gasteiger partial charge in [0.2, 0.25) is 0 Å². The van der Waals surface area contributed by atoms with Crippen LogP contribution in [0.5, 0.6) is 0 Å². The number of thiol groups is 1. The van der Waals surface area contributed by atoms with Gasteiger partial charge >= 0.3 is 0 Å². The molecule has 0 atom stereocenters. The van der Waals surface area contributed by atoms with E-state index in [-0.39, 0.29) is 12.4 Å². The number of aliphatic hydroxyl groups is 1. The first-order chi connectivity index (χ1) is 3.81. The smallest absolute Gasteiger partial charge is 0.158 e. The van der Waals surface area contributed by atoms with E-state index < -0.39 is 0 Å². The fourth-order valence-electron chi connectivity index (χ4n) is 0.355. The Bertz CT molecular complexity index is 72.8. The second-order valence-corrected chi connectivity index (χ2v) is 1.97. The van der Waals surface area contributed by atoms with Crippen molar-refractivity contribution in [1.82, 2.24) is 0 Å². The van der Waals surface area contributed by atoms with Crippen LogP contribution in [0.15, 0.2) is 0 Å². The number of rotatable bonds is 4. The van der Waals surface area contributed by atoms with Gasteiger partial charge in [0.05, 0.1) is 0 Å². The Kier molecular flexibility index (Phi) is 5.11. The topological polar surface area (TPSA) is 37.3 Å². The lowest BCUT2D eigenvalue weighted by Gasteiger charge is -1.90.